The van der Waals surface area contributed by atoms with E-state index < -0.39 is 0 Å². The van der Waals surface area contributed by atoms with Crippen LogP contribution in [0, 0.1) is 5.92 Å². The van der Waals surface area contributed by atoms with E-state index in [9.17, 15) is 14.4 Å². The van der Waals surface area contributed by atoms with Crippen molar-refractivity contribution in [3.8, 4) is 0 Å². The predicted octanol–water partition coefficient (Wildman–Crippen LogP) is 3.99. The fourth-order valence-electron chi connectivity index (χ4n) is 5.58. The van der Waals surface area contributed by atoms with Crippen molar-refractivity contribution < 1.29 is 18.8 Å². The molecule has 37 heavy (non-hydrogen) atoms. The second-order valence-corrected chi connectivity index (χ2v) is 9.86. The molecule has 5 rings (SSSR count). The van der Waals surface area contributed by atoms with Crippen LogP contribution in [0.3, 0.4) is 0 Å². The Morgan fingerprint density at radius 2 is 1.68 bits per heavy atom. The third-order valence-electron chi connectivity index (χ3n) is 7.47. The van der Waals surface area contributed by atoms with E-state index in [1.165, 1.54) is 6.26 Å². The third kappa shape index (κ3) is 5.02. The van der Waals surface area contributed by atoms with E-state index in [2.05, 4.69) is 4.90 Å². The van der Waals surface area contributed by atoms with Crippen LogP contribution in [0.25, 0.3) is 0 Å². The molecule has 2 N–H and O–H groups in total. The van der Waals surface area contributed by atoms with E-state index in [0.717, 1.165) is 16.9 Å². The van der Waals surface area contributed by atoms with Gasteiger partial charge in [0, 0.05) is 23.3 Å². The number of rotatable bonds is 6. The number of hydrogen-bond donors (Lipinski definition) is 1. The number of nitrogens with two attached hydrogens (primary N) is 1. The van der Waals surface area contributed by atoms with E-state index >= 15 is 0 Å². The second-order valence-electron chi connectivity index (χ2n) is 9.86. The predicted molar refractivity (Wildman–Crippen MR) is 141 cm³/mol. The van der Waals surface area contributed by atoms with Gasteiger partial charge in [-0.25, -0.2) is 0 Å². The molecule has 3 amide bonds. The summed E-state index contributed by atoms with van der Waals surface area (Å²) in [6, 6.07) is 20.4. The minimum atomic E-state index is -0.265. The Kier molecular flexibility index (Phi) is 7.10. The minimum Gasteiger partial charge on any atom is -0.459 e. The molecule has 2 aliphatic rings. The van der Waals surface area contributed by atoms with Gasteiger partial charge in [0.15, 0.2) is 5.76 Å². The highest BCUT2D eigenvalue weighted by Gasteiger charge is 2.39. The van der Waals surface area contributed by atoms with E-state index in [4.69, 9.17) is 10.2 Å². The summed E-state index contributed by atoms with van der Waals surface area (Å²) in [4.78, 5) is 44.6. The molecule has 8 heteroatoms. The molecule has 2 aliphatic heterocycles. The number of carbonyl (C=O) groups is 3. The van der Waals surface area contributed by atoms with Crippen LogP contribution in [0.15, 0.2) is 77.4 Å². The van der Waals surface area contributed by atoms with Crippen molar-refractivity contribution in [1.82, 2.24) is 4.90 Å². The van der Waals surface area contributed by atoms with Crippen molar-refractivity contribution in [2.24, 2.45) is 11.7 Å². The van der Waals surface area contributed by atoms with E-state index in [-0.39, 0.29) is 48.0 Å². The van der Waals surface area contributed by atoms with Crippen molar-refractivity contribution in [3.05, 3.63) is 84.3 Å². The van der Waals surface area contributed by atoms with Crippen molar-refractivity contribution in [3.63, 3.8) is 0 Å². The number of anilines is 2. The lowest BCUT2D eigenvalue weighted by atomic mass is 9.89. The van der Waals surface area contributed by atoms with Gasteiger partial charge in [0.25, 0.3) is 5.91 Å². The number of benzene rings is 2. The molecule has 0 bridgehead atoms. The lowest BCUT2D eigenvalue weighted by Crippen LogP contribution is -2.50. The number of amides is 3. The highest BCUT2D eigenvalue weighted by atomic mass is 16.3. The first kappa shape index (κ1) is 24.8. The molecule has 192 valence electrons. The van der Waals surface area contributed by atoms with Gasteiger partial charge in [-0.3, -0.25) is 19.3 Å². The summed E-state index contributed by atoms with van der Waals surface area (Å²) in [5, 5.41) is 0. The Labute approximate surface area is 216 Å². The van der Waals surface area contributed by atoms with Gasteiger partial charge in [0.05, 0.1) is 18.8 Å². The summed E-state index contributed by atoms with van der Waals surface area (Å²) >= 11 is 0. The lowest BCUT2D eigenvalue weighted by Gasteiger charge is -2.44. The normalized spacial score (nSPS) is 20.3. The Morgan fingerprint density at radius 1 is 0.973 bits per heavy atom. The average Bonchev–Trinajstić information content (AvgIpc) is 3.45. The molecule has 0 radical (unpaired) electrons. The Morgan fingerprint density at radius 3 is 2.35 bits per heavy atom. The zero-order chi connectivity index (χ0) is 25.9. The number of piperidine rings is 1. The molecule has 1 saturated heterocycles. The van der Waals surface area contributed by atoms with Gasteiger partial charge in [-0.1, -0.05) is 36.4 Å². The van der Waals surface area contributed by atoms with Gasteiger partial charge >= 0.3 is 0 Å². The molecule has 8 nitrogen and oxygen atoms in total. The van der Waals surface area contributed by atoms with Crippen molar-refractivity contribution in [2.75, 3.05) is 29.4 Å². The number of para-hydroxylation sites is 2. The first-order chi connectivity index (χ1) is 17.9. The first-order valence-electron chi connectivity index (χ1n) is 12.8. The maximum Gasteiger partial charge on any atom is 0.294 e. The van der Waals surface area contributed by atoms with Gasteiger partial charge in [0.2, 0.25) is 11.8 Å². The Bertz CT molecular complexity index is 1250. The number of carbonyl (C=O) groups excluding carboxylic acids is 3. The summed E-state index contributed by atoms with van der Waals surface area (Å²) < 4.78 is 5.41. The Balaban J connectivity index is 1.46. The quantitative estimate of drug-likeness (QED) is 0.552. The standard InChI is InChI=1S/C29H32N4O4/c1-20-18-25(23-10-5-6-11-24(23)32(20)29(36)26-12-7-17-37-26)33(22-8-3-2-4-9-22)27(34)19-31-15-13-21(14-16-31)28(30)35/h2-12,17,20-21,25H,13-16,18-19H2,1H3,(H2,30,35). The summed E-state index contributed by atoms with van der Waals surface area (Å²) in [7, 11) is 0. The smallest absolute Gasteiger partial charge is 0.294 e. The Hall–Kier alpha value is -3.91. The van der Waals surface area contributed by atoms with Crippen LogP contribution in [0.4, 0.5) is 11.4 Å². The van der Waals surface area contributed by atoms with Crippen LogP contribution in [0.5, 0.6) is 0 Å². The molecule has 1 aromatic heterocycles. The van der Waals surface area contributed by atoms with Gasteiger partial charge in [0.1, 0.15) is 0 Å². The maximum atomic E-state index is 13.9. The van der Waals surface area contributed by atoms with Crippen molar-refractivity contribution >= 4 is 29.1 Å². The summed E-state index contributed by atoms with van der Waals surface area (Å²) in [5.74, 6) is -0.311. The molecule has 3 heterocycles. The highest BCUT2D eigenvalue weighted by Crippen LogP contribution is 2.42. The number of nitrogens with zero attached hydrogens (tertiary/aromatic N) is 3. The molecule has 0 saturated carbocycles. The SMILES string of the molecule is CC1CC(N(C(=O)CN2CCC(C(N)=O)CC2)c2ccccc2)c2ccccc2N1C(=O)c1ccco1. The molecule has 0 spiro atoms. The van der Waals surface area contributed by atoms with Gasteiger partial charge in [-0.2, -0.15) is 0 Å². The molecule has 2 aromatic carbocycles. The first-order valence-corrected chi connectivity index (χ1v) is 12.8. The molecule has 3 aromatic rings. The second kappa shape index (κ2) is 10.6. The van der Waals surface area contributed by atoms with Crippen LogP contribution < -0.4 is 15.5 Å². The number of likely N-dealkylation sites (tertiary alicyclic amines) is 1. The summed E-state index contributed by atoms with van der Waals surface area (Å²) in [5.41, 5.74) is 8.01. The lowest BCUT2D eigenvalue weighted by molar-refractivity contribution is -0.123. The number of fused-ring (bicyclic) bond motifs is 1. The minimum absolute atomic E-state index is 0.0125. The molecule has 2 unspecified atom stereocenters. The van der Waals surface area contributed by atoms with Crippen molar-refractivity contribution in [1.29, 1.82) is 0 Å². The highest BCUT2D eigenvalue weighted by molar-refractivity contribution is 6.06. The molecule has 1 fully saturated rings. The van der Waals surface area contributed by atoms with Gasteiger partial charge < -0.3 is 20.0 Å². The van der Waals surface area contributed by atoms with Gasteiger partial charge in [-0.05, 0) is 75.2 Å². The van der Waals surface area contributed by atoms with Crippen LogP contribution >= 0.6 is 0 Å². The zero-order valence-corrected chi connectivity index (χ0v) is 21.0. The fraction of sp³-hybridized carbons (Fsp3) is 0.345. The summed E-state index contributed by atoms with van der Waals surface area (Å²) in [6.45, 7) is 3.57. The van der Waals surface area contributed by atoms with Crippen LogP contribution in [-0.2, 0) is 9.59 Å². The van der Waals surface area contributed by atoms with Crippen LogP contribution in [-0.4, -0.2) is 48.3 Å². The number of primary amides is 1. The van der Waals surface area contributed by atoms with Crippen LogP contribution in [0.1, 0.15) is 48.3 Å². The summed E-state index contributed by atoms with van der Waals surface area (Å²) in [6.07, 6.45) is 3.41. The largest absolute Gasteiger partial charge is 0.459 e. The number of furan rings is 1. The molecular weight excluding hydrogens is 468 g/mol. The fourth-order valence-corrected chi connectivity index (χ4v) is 5.58. The molecule has 2 atom stereocenters. The third-order valence-corrected chi connectivity index (χ3v) is 7.47. The van der Waals surface area contributed by atoms with Crippen molar-refractivity contribution in [2.45, 2.75) is 38.3 Å². The monoisotopic (exact) mass is 500 g/mol. The van der Waals surface area contributed by atoms with E-state index in [1.807, 2.05) is 66.4 Å². The van der Waals surface area contributed by atoms with Gasteiger partial charge in [-0.15, -0.1) is 0 Å². The van der Waals surface area contributed by atoms with E-state index in [0.29, 0.717) is 32.4 Å². The number of hydrogen-bond acceptors (Lipinski definition) is 5. The topological polar surface area (TPSA) is 100 Å². The zero-order valence-electron chi connectivity index (χ0n) is 21.0. The average molecular weight is 501 g/mol. The van der Waals surface area contributed by atoms with E-state index in [1.54, 1.807) is 17.0 Å². The molecule has 0 aliphatic carbocycles. The van der Waals surface area contributed by atoms with Crippen LogP contribution in [0.2, 0.25) is 0 Å². The molecular formula is C29H32N4O4. The maximum absolute atomic E-state index is 13.9.